The van der Waals surface area contributed by atoms with Crippen LogP contribution in [-0.2, 0) is 0 Å². The van der Waals surface area contributed by atoms with Crippen molar-refractivity contribution in [3.05, 3.63) is 30.1 Å². The molecule has 0 spiro atoms. The monoisotopic (exact) mass is 349 g/mol. The quantitative estimate of drug-likeness (QED) is 0.573. The molecule has 0 radical (unpaired) electrons. The molecule has 2 unspecified atom stereocenters. The Morgan fingerprint density at radius 2 is 2.16 bits per heavy atom. The van der Waals surface area contributed by atoms with Gasteiger partial charge in [0, 0.05) is 45.0 Å². The third kappa shape index (κ3) is 5.10. The van der Waals surface area contributed by atoms with Gasteiger partial charge in [0.1, 0.15) is 17.4 Å². The van der Waals surface area contributed by atoms with Gasteiger partial charge in [-0.2, -0.15) is 0 Å². The number of rotatable bonds is 7. The molecule has 2 atom stereocenters. The van der Waals surface area contributed by atoms with Crippen molar-refractivity contribution < 1.29 is 24.2 Å². The van der Waals surface area contributed by atoms with Crippen molar-refractivity contribution >= 4 is 11.9 Å². The molecule has 0 saturated heterocycles. The summed E-state index contributed by atoms with van der Waals surface area (Å²) in [4.78, 5) is 29.1. The van der Waals surface area contributed by atoms with Crippen LogP contribution in [-0.4, -0.2) is 60.2 Å². The van der Waals surface area contributed by atoms with Gasteiger partial charge in [-0.05, 0) is 18.9 Å². The van der Waals surface area contributed by atoms with Gasteiger partial charge in [-0.3, -0.25) is 4.79 Å². The Balaban J connectivity index is 2.18. The van der Waals surface area contributed by atoms with Gasteiger partial charge in [0.15, 0.2) is 5.78 Å². The summed E-state index contributed by atoms with van der Waals surface area (Å²) in [7, 11) is 5.08. The summed E-state index contributed by atoms with van der Waals surface area (Å²) in [5.74, 6) is 0.317. The number of hydrogen-bond acceptors (Lipinski definition) is 6. The van der Waals surface area contributed by atoms with E-state index < -0.39 is 6.09 Å². The summed E-state index contributed by atoms with van der Waals surface area (Å²) in [6.45, 7) is 0. The molecule has 2 N–H and O–H groups in total. The number of nitrogens with zero attached hydrogens (tertiary/aromatic N) is 2. The summed E-state index contributed by atoms with van der Waals surface area (Å²) in [5.41, 5.74) is 0.262. The van der Waals surface area contributed by atoms with Crippen LogP contribution >= 0.6 is 0 Å². The van der Waals surface area contributed by atoms with Crippen LogP contribution < -0.4 is 14.8 Å². The number of aromatic nitrogens is 1. The Morgan fingerprint density at radius 1 is 1.40 bits per heavy atom. The van der Waals surface area contributed by atoms with Crippen LogP contribution in [0.1, 0.15) is 29.6 Å². The first-order chi connectivity index (χ1) is 11.9. The maximum absolute atomic E-state index is 12.5. The number of amides is 1. The van der Waals surface area contributed by atoms with Crippen LogP contribution in [0.4, 0.5) is 4.79 Å². The fourth-order valence-corrected chi connectivity index (χ4v) is 2.74. The second-order valence-corrected chi connectivity index (χ2v) is 6.04. The summed E-state index contributed by atoms with van der Waals surface area (Å²) in [6.07, 6.45) is 5.33. The molecule has 1 amide bonds. The van der Waals surface area contributed by atoms with E-state index in [0.29, 0.717) is 25.0 Å². The van der Waals surface area contributed by atoms with Gasteiger partial charge in [-0.15, -0.1) is 0 Å². The Hall–Kier alpha value is -2.77. The molecule has 0 aromatic carbocycles. The minimum atomic E-state index is -1.04. The molecular formula is C17H23N3O5. The van der Waals surface area contributed by atoms with Gasteiger partial charge in [0.2, 0.25) is 5.88 Å². The van der Waals surface area contributed by atoms with Crippen molar-refractivity contribution in [2.75, 3.05) is 21.2 Å². The van der Waals surface area contributed by atoms with Crippen LogP contribution in [0.3, 0.4) is 0 Å². The Bertz CT molecular complexity index is 660. The van der Waals surface area contributed by atoms with Crippen LogP contribution in [0.2, 0.25) is 0 Å². The summed E-state index contributed by atoms with van der Waals surface area (Å²) in [5, 5.41) is 11.3. The second-order valence-electron chi connectivity index (χ2n) is 6.04. The lowest BCUT2D eigenvalue weighted by molar-refractivity contribution is 0.103. The summed E-state index contributed by atoms with van der Waals surface area (Å²) < 4.78 is 11.2. The fraction of sp³-hybridized carbons (Fsp3) is 0.471. The zero-order valence-corrected chi connectivity index (χ0v) is 14.6. The number of hydrogen-bond donors (Lipinski definition) is 2. The van der Waals surface area contributed by atoms with E-state index in [4.69, 9.17) is 14.6 Å². The lowest BCUT2D eigenvalue weighted by atomic mass is 10.1. The number of allylic oxidation sites excluding steroid dienone is 1. The minimum absolute atomic E-state index is 0.140. The topological polar surface area (TPSA) is 101 Å². The SMILES string of the molecule is COc1nccc(OC2CCC(NC(=O)O)C2)c1C(=O)C=CN(C)C. The van der Waals surface area contributed by atoms with Gasteiger partial charge >= 0.3 is 6.09 Å². The van der Waals surface area contributed by atoms with Gasteiger partial charge < -0.3 is 24.8 Å². The summed E-state index contributed by atoms with van der Waals surface area (Å²) in [6, 6.07) is 1.48. The zero-order chi connectivity index (χ0) is 18.4. The molecule has 25 heavy (non-hydrogen) atoms. The van der Waals surface area contributed by atoms with Crippen LogP contribution in [0, 0.1) is 0 Å². The van der Waals surface area contributed by atoms with Crippen molar-refractivity contribution in [3.8, 4) is 11.6 Å². The third-order valence-corrected chi connectivity index (χ3v) is 3.85. The smallest absolute Gasteiger partial charge is 0.404 e. The van der Waals surface area contributed by atoms with Crippen molar-refractivity contribution in [1.82, 2.24) is 15.2 Å². The minimum Gasteiger partial charge on any atom is -0.489 e. The van der Waals surface area contributed by atoms with E-state index in [1.54, 1.807) is 17.2 Å². The number of carbonyl (C=O) groups excluding carboxylic acids is 1. The van der Waals surface area contributed by atoms with Gasteiger partial charge in [-0.1, -0.05) is 0 Å². The molecule has 1 fully saturated rings. The fourth-order valence-electron chi connectivity index (χ4n) is 2.74. The molecule has 8 nitrogen and oxygen atoms in total. The Labute approximate surface area is 146 Å². The van der Waals surface area contributed by atoms with E-state index in [9.17, 15) is 9.59 Å². The van der Waals surface area contributed by atoms with Gasteiger partial charge in [-0.25, -0.2) is 9.78 Å². The predicted molar refractivity (Wildman–Crippen MR) is 91.2 cm³/mol. The van der Waals surface area contributed by atoms with E-state index in [-0.39, 0.29) is 29.4 Å². The lowest BCUT2D eigenvalue weighted by Gasteiger charge is -2.17. The highest BCUT2D eigenvalue weighted by atomic mass is 16.5. The van der Waals surface area contributed by atoms with Crippen molar-refractivity contribution in [1.29, 1.82) is 0 Å². The molecule has 2 rings (SSSR count). The van der Waals surface area contributed by atoms with Gasteiger partial charge in [0.05, 0.1) is 7.11 Å². The highest BCUT2D eigenvalue weighted by Gasteiger charge is 2.29. The first kappa shape index (κ1) is 18.6. The number of pyridine rings is 1. The average Bonchev–Trinajstić information content (AvgIpc) is 2.98. The van der Waals surface area contributed by atoms with Gasteiger partial charge in [0.25, 0.3) is 0 Å². The third-order valence-electron chi connectivity index (χ3n) is 3.85. The Kier molecular flexibility index (Phi) is 6.21. The maximum Gasteiger partial charge on any atom is 0.404 e. The number of carbonyl (C=O) groups is 2. The van der Waals surface area contributed by atoms with Crippen molar-refractivity contribution in [2.45, 2.75) is 31.4 Å². The van der Waals surface area contributed by atoms with Crippen LogP contribution in [0.5, 0.6) is 11.6 Å². The summed E-state index contributed by atoms with van der Waals surface area (Å²) >= 11 is 0. The normalized spacial score (nSPS) is 19.6. The van der Waals surface area contributed by atoms with Crippen LogP contribution in [0.25, 0.3) is 0 Å². The molecule has 1 aliphatic carbocycles. The van der Waals surface area contributed by atoms with E-state index in [1.165, 1.54) is 19.4 Å². The average molecular weight is 349 g/mol. The second kappa shape index (κ2) is 8.36. The first-order valence-corrected chi connectivity index (χ1v) is 7.98. The number of ether oxygens (including phenoxy) is 2. The largest absolute Gasteiger partial charge is 0.489 e. The van der Waals surface area contributed by atoms with Crippen molar-refractivity contribution in [2.24, 2.45) is 0 Å². The molecule has 136 valence electrons. The number of methoxy groups -OCH3 is 1. The molecule has 1 saturated carbocycles. The maximum atomic E-state index is 12.5. The van der Waals surface area contributed by atoms with E-state index in [1.807, 2.05) is 14.1 Å². The molecule has 8 heteroatoms. The Morgan fingerprint density at radius 3 is 2.80 bits per heavy atom. The molecule has 1 aliphatic rings. The van der Waals surface area contributed by atoms with Crippen LogP contribution in [0.15, 0.2) is 24.5 Å². The first-order valence-electron chi connectivity index (χ1n) is 7.98. The van der Waals surface area contributed by atoms with E-state index in [0.717, 1.165) is 0 Å². The lowest BCUT2D eigenvalue weighted by Crippen LogP contribution is -2.32. The van der Waals surface area contributed by atoms with E-state index >= 15 is 0 Å². The standard InChI is InChI=1S/C17H23N3O5/c1-20(2)9-7-13(21)15-14(6-8-18-16(15)24-3)25-12-5-4-11(10-12)19-17(22)23/h6-9,11-12,19H,4-5,10H2,1-3H3,(H,22,23). The molecule has 0 aliphatic heterocycles. The molecule has 1 heterocycles. The predicted octanol–water partition coefficient (Wildman–Crippen LogP) is 1.92. The number of ketones is 1. The molecular weight excluding hydrogens is 326 g/mol. The number of carboxylic acid groups (broad SMARTS) is 1. The molecule has 1 aromatic heterocycles. The van der Waals surface area contributed by atoms with Crippen molar-refractivity contribution in [3.63, 3.8) is 0 Å². The molecule has 1 aromatic rings. The molecule has 0 bridgehead atoms. The zero-order valence-electron chi connectivity index (χ0n) is 14.6. The number of nitrogens with one attached hydrogen (secondary N) is 1. The highest BCUT2D eigenvalue weighted by Crippen LogP contribution is 2.31. The highest BCUT2D eigenvalue weighted by molar-refractivity contribution is 6.08. The van der Waals surface area contributed by atoms with E-state index in [2.05, 4.69) is 10.3 Å².